The molecule has 7 nitrogen and oxygen atoms in total. The van der Waals surface area contributed by atoms with Gasteiger partial charge in [0.25, 0.3) is 0 Å². The van der Waals surface area contributed by atoms with Crippen LogP contribution in [-0.2, 0) is 14.8 Å². The van der Waals surface area contributed by atoms with Crippen LogP contribution >= 0.6 is 11.6 Å². The molecule has 1 aromatic heterocycles. The summed E-state index contributed by atoms with van der Waals surface area (Å²) in [7, 11) is -4.01. The zero-order chi connectivity index (χ0) is 24.3. The second-order valence-corrected chi connectivity index (χ2v) is 10.3. The number of carbonyl (C=O) groups is 1. The highest BCUT2D eigenvalue weighted by molar-refractivity contribution is 7.89. The van der Waals surface area contributed by atoms with Gasteiger partial charge in [-0.15, -0.1) is 0 Å². The largest absolute Gasteiger partial charge is 0.355 e. The third-order valence-corrected chi connectivity index (χ3v) is 7.86. The number of hydrogen-bond donors (Lipinski definition) is 1. The molecule has 0 aliphatic carbocycles. The summed E-state index contributed by atoms with van der Waals surface area (Å²) in [5, 5.41) is 7.11. The molecule has 0 saturated carbocycles. The highest BCUT2D eigenvalue weighted by atomic mass is 35.5. The van der Waals surface area contributed by atoms with Crippen molar-refractivity contribution in [3.05, 3.63) is 76.4 Å². The van der Waals surface area contributed by atoms with Gasteiger partial charge in [0.1, 0.15) is 11.5 Å². The lowest BCUT2D eigenvalue weighted by atomic mass is 9.99. The number of carbonyl (C=O) groups excluding carboxylic acids is 1. The van der Waals surface area contributed by atoms with E-state index in [4.69, 9.17) is 16.1 Å². The summed E-state index contributed by atoms with van der Waals surface area (Å²) in [6, 6.07) is 12.9. The normalized spacial score (nSPS) is 17.2. The van der Waals surface area contributed by atoms with E-state index in [1.54, 1.807) is 42.5 Å². The number of nitrogens with one attached hydrogen (secondary N) is 1. The van der Waals surface area contributed by atoms with E-state index in [9.17, 15) is 17.6 Å². The fraction of sp³-hybridized carbons (Fsp3) is 0.250. The number of nitrogens with zero attached hydrogens (tertiary/aromatic N) is 2. The second kappa shape index (κ2) is 10.1. The number of anilines is 1. The first kappa shape index (κ1) is 24.1. The summed E-state index contributed by atoms with van der Waals surface area (Å²) >= 11 is 5.98. The molecule has 1 atom stereocenters. The monoisotopic (exact) mass is 503 g/mol. The minimum atomic E-state index is -4.01. The second-order valence-electron chi connectivity index (χ2n) is 8.02. The Morgan fingerprint density at radius 3 is 2.79 bits per heavy atom. The summed E-state index contributed by atoms with van der Waals surface area (Å²) in [6.07, 6.45) is 3.91. The number of sulfonamides is 1. The lowest BCUT2D eigenvalue weighted by molar-refractivity contribution is -0.120. The van der Waals surface area contributed by atoms with E-state index in [0.29, 0.717) is 23.6 Å². The lowest BCUT2D eigenvalue weighted by Crippen LogP contribution is -2.43. The molecular formula is C24H23ClFN3O4S. The van der Waals surface area contributed by atoms with Crippen molar-refractivity contribution >= 4 is 45.4 Å². The Balaban J connectivity index is 1.54. The first-order valence-corrected chi connectivity index (χ1v) is 12.5. The van der Waals surface area contributed by atoms with Crippen molar-refractivity contribution in [1.29, 1.82) is 0 Å². The lowest BCUT2D eigenvalue weighted by Gasteiger charge is -2.31. The number of halogens is 2. The number of rotatable bonds is 6. The molecule has 1 fully saturated rings. The number of benzene rings is 2. The Morgan fingerprint density at radius 1 is 1.24 bits per heavy atom. The predicted octanol–water partition coefficient (Wildman–Crippen LogP) is 4.99. The SMILES string of the molecule is Cc1noc(/C=C/c2ccccc2F)c1S(=O)(=O)N1CCC[C@@H](C(=O)Nc2cccc(Cl)c2)C1. The van der Waals surface area contributed by atoms with Gasteiger partial charge in [0, 0.05) is 29.4 Å². The minimum Gasteiger partial charge on any atom is -0.355 e. The molecule has 0 bridgehead atoms. The molecule has 10 heteroatoms. The minimum absolute atomic E-state index is 0.00579. The molecule has 178 valence electrons. The van der Waals surface area contributed by atoms with Crippen molar-refractivity contribution in [3.63, 3.8) is 0 Å². The van der Waals surface area contributed by atoms with Crippen molar-refractivity contribution in [2.75, 3.05) is 18.4 Å². The van der Waals surface area contributed by atoms with Gasteiger partial charge in [0.05, 0.1) is 5.92 Å². The van der Waals surface area contributed by atoms with Crippen molar-refractivity contribution in [2.45, 2.75) is 24.7 Å². The Morgan fingerprint density at radius 2 is 2.03 bits per heavy atom. The fourth-order valence-electron chi connectivity index (χ4n) is 3.89. The third kappa shape index (κ3) is 5.22. The van der Waals surface area contributed by atoms with Gasteiger partial charge < -0.3 is 9.84 Å². The van der Waals surface area contributed by atoms with Crippen molar-refractivity contribution in [3.8, 4) is 0 Å². The summed E-state index contributed by atoms with van der Waals surface area (Å²) in [5.74, 6) is -1.24. The zero-order valence-electron chi connectivity index (χ0n) is 18.4. The van der Waals surface area contributed by atoms with Crippen LogP contribution in [0.3, 0.4) is 0 Å². The van der Waals surface area contributed by atoms with Crippen LogP contribution in [-0.4, -0.2) is 36.9 Å². The molecular weight excluding hydrogens is 481 g/mol. The molecule has 0 radical (unpaired) electrons. The van der Waals surface area contributed by atoms with Crippen molar-refractivity contribution < 1.29 is 22.1 Å². The van der Waals surface area contributed by atoms with Crippen molar-refractivity contribution in [2.24, 2.45) is 5.92 Å². The molecule has 0 spiro atoms. The van der Waals surface area contributed by atoms with Crippen LogP contribution < -0.4 is 5.32 Å². The van der Waals surface area contributed by atoms with Gasteiger partial charge >= 0.3 is 0 Å². The quantitative estimate of drug-likeness (QED) is 0.512. The Hall–Kier alpha value is -3.01. The van der Waals surface area contributed by atoms with E-state index >= 15 is 0 Å². The number of piperidine rings is 1. The Bertz CT molecular complexity index is 1340. The van der Waals surface area contributed by atoms with Gasteiger partial charge in [-0.05, 0) is 56.2 Å². The van der Waals surface area contributed by atoms with Gasteiger partial charge in [-0.25, -0.2) is 12.8 Å². The number of aromatic nitrogens is 1. The zero-order valence-corrected chi connectivity index (χ0v) is 19.9. The van der Waals surface area contributed by atoms with Crippen LogP contribution in [0.5, 0.6) is 0 Å². The molecule has 34 heavy (non-hydrogen) atoms. The molecule has 2 aromatic carbocycles. The van der Waals surface area contributed by atoms with Gasteiger partial charge in [-0.2, -0.15) is 4.31 Å². The van der Waals surface area contributed by atoms with Crippen molar-refractivity contribution in [1.82, 2.24) is 9.46 Å². The number of hydrogen-bond acceptors (Lipinski definition) is 5. The van der Waals surface area contributed by atoms with E-state index in [1.807, 2.05) is 0 Å². The molecule has 2 heterocycles. The van der Waals surface area contributed by atoms with Gasteiger partial charge in [-0.1, -0.05) is 41.0 Å². The fourth-order valence-corrected chi connectivity index (χ4v) is 5.85. The molecule has 4 rings (SSSR count). The van der Waals surface area contributed by atoms with E-state index in [2.05, 4.69) is 10.5 Å². The molecule has 1 aliphatic rings. The molecule has 1 saturated heterocycles. The van der Waals surface area contributed by atoms with Crippen LogP contribution in [0.1, 0.15) is 29.9 Å². The van der Waals surface area contributed by atoms with Crippen LogP contribution in [0.4, 0.5) is 10.1 Å². The topological polar surface area (TPSA) is 92.5 Å². The maximum Gasteiger partial charge on any atom is 0.248 e. The highest BCUT2D eigenvalue weighted by Crippen LogP contribution is 2.30. The Kier molecular flexibility index (Phi) is 7.16. The van der Waals surface area contributed by atoms with Gasteiger partial charge in [-0.3, -0.25) is 4.79 Å². The summed E-state index contributed by atoms with van der Waals surface area (Å²) in [6.45, 7) is 1.82. The van der Waals surface area contributed by atoms with Crippen LogP contribution in [0.15, 0.2) is 57.9 Å². The average Bonchev–Trinajstić information content (AvgIpc) is 3.19. The number of amides is 1. The summed E-state index contributed by atoms with van der Waals surface area (Å²) < 4.78 is 47.5. The summed E-state index contributed by atoms with van der Waals surface area (Å²) in [4.78, 5) is 12.7. The van der Waals surface area contributed by atoms with Gasteiger partial charge in [0.15, 0.2) is 10.7 Å². The maximum absolute atomic E-state index is 14.0. The van der Waals surface area contributed by atoms with Crippen LogP contribution in [0, 0.1) is 18.7 Å². The standard InChI is InChI=1S/C24H23ClFN3O4S/c1-16-23(22(33-28-16)12-11-17-6-2-3-10-21(17)26)34(31,32)29-13-5-7-18(15-29)24(30)27-20-9-4-8-19(25)14-20/h2-4,6,8-12,14,18H,5,7,13,15H2,1H3,(H,27,30)/b12-11+/t18-/m1/s1. The average molecular weight is 504 g/mol. The smallest absolute Gasteiger partial charge is 0.248 e. The molecule has 3 aromatic rings. The Labute approximate surface area is 202 Å². The van der Waals surface area contributed by atoms with E-state index in [0.717, 1.165) is 0 Å². The van der Waals surface area contributed by atoms with Crippen LogP contribution in [0.2, 0.25) is 5.02 Å². The number of aryl methyl sites for hydroxylation is 1. The molecule has 1 amide bonds. The van der Waals surface area contributed by atoms with E-state index in [1.165, 1.54) is 29.4 Å². The predicted molar refractivity (Wildman–Crippen MR) is 128 cm³/mol. The highest BCUT2D eigenvalue weighted by Gasteiger charge is 2.37. The van der Waals surface area contributed by atoms with Crippen LogP contribution in [0.25, 0.3) is 12.2 Å². The first-order valence-electron chi connectivity index (χ1n) is 10.7. The third-order valence-electron chi connectivity index (χ3n) is 5.60. The van der Waals surface area contributed by atoms with E-state index < -0.39 is 21.8 Å². The molecule has 1 aliphatic heterocycles. The first-order chi connectivity index (χ1) is 16.3. The molecule has 1 N–H and O–H groups in total. The van der Waals surface area contributed by atoms with E-state index in [-0.39, 0.29) is 40.9 Å². The van der Waals surface area contributed by atoms with Gasteiger partial charge in [0.2, 0.25) is 15.9 Å². The maximum atomic E-state index is 14.0. The molecule has 0 unspecified atom stereocenters. The summed E-state index contributed by atoms with van der Waals surface area (Å²) in [5.41, 5.74) is 1.03.